The molecule has 0 fully saturated rings. The van der Waals surface area contributed by atoms with Crippen molar-refractivity contribution in [2.24, 2.45) is 5.10 Å². The highest BCUT2D eigenvalue weighted by Crippen LogP contribution is 2.34. The molecule has 3 rings (SSSR count). The average molecular weight is 465 g/mol. The van der Waals surface area contributed by atoms with Crippen LogP contribution < -0.4 is 10.2 Å². The van der Waals surface area contributed by atoms with E-state index in [1.54, 1.807) is 18.2 Å². The van der Waals surface area contributed by atoms with Gasteiger partial charge >= 0.3 is 5.69 Å². The van der Waals surface area contributed by atoms with Crippen molar-refractivity contribution < 1.29 is 24.3 Å². The second-order valence-corrected chi connectivity index (χ2v) is 6.69. The zero-order valence-corrected chi connectivity index (χ0v) is 17.2. The van der Waals surface area contributed by atoms with Crippen molar-refractivity contribution in [3.05, 3.63) is 108 Å². The van der Waals surface area contributed by atoms with Gasteiger partial charge < -0.3 is 4.74 Å². The summed E-state index contributed by atoms with van der Waals surface area (Å²) in [5, 5.41) is 36.8. The summed E-state index contributed by atoms with van der Waals surface area (Å²) >= 11 is 0. The number of nitrogens with zero attached hydrogens (tertiary/aromatic N) is 4. The molecule has 0 aliphatic carbocycles. The van der Waals surface area contributed by atoms with E-state index < -0.39 is 32.1 Å². The van der Waals surface area contributed by atoms with Gasteiger partial charge in [0.15, 0.2) is 0 Å². The van der Waals surface area contributed by atoms with E-state index in [2.05, 4.69) is 10.5 Å². The quantitative estimate of drug-likeness (QED) is 0.280. The SMILES string of the molecule is O=C(Cc1ccccc1[N+](=O)[O-])N/N=C/c1ccc(Oc2ccc([N+](=O)[O-])cc2[N+](=O)[O-])cc1. The smallest absolute Gasteiger partial charge is 0.318 e. The predicted molar refractivity (Wildman–Crippen MR) is 119 cm³/mol. The molecule has 0 heterocycles. The third-order valence-electron chi connectivity index (χ3n) is 4.40. The standard InChI is InChI=1S/C21H15N5O8/c27-21(11-15-3-1-2-4-18(15)25(30)31)23-22-13-14-5-8-17(9-6-14)34-20-10-7-16(24(28)29)12-19(20)26(32)33/h1-10,12-13H,11H2,(H,23,27)/b22-13+. The molecule has 13 nitrogen and oxygen atoms in total. The number of para-hydroxylation sites is 1. The molecule has 13 heteroatoms. The summed E-state index contributed by atoms with van der Waals surface area (Å²) in [6.45, 7) is 0. The number of ether oxygens (including phenoxy) is 1. The lowest BCUT2D eigenvalue weighted by molar-refractivity contribution is -0.394. The van der Waals surface area contributed by atoms with Gasteiger partial charge in [0.05, 0.1) is 33.5 Å². The van der Waals surface area contributed by atoms with E-state index in [4.69, 9.17) is 4.74 Å². The van der Waals surface area contributed by atoms with Crippen molar-refractivity contribution in [2.45, 2.75) is 6.42 Å². The first-order valence-electron chi connectivity index (χ1n) is 9.49. The van der Waals surface area contributed by atoms with Crippen molar-refractivity contribution in [1.29, 1.82) is 0 Å². The van der Waals surface area contributed by atoms with Crippen LogP contribution in [0.2, 0.25) is 0 Å². The van der Waals surface area contributed by atoms with E-state index in [-0.39, 0.29) is 29.2 Å². The summed E-state index contributed by atoms with van der Waals surface area (Å²) in [6.07, 6.45) is 1.10. The lowest BCUT2D eigenvalue weighted by Gasteiger charge is -2.06. The minimum absolute atomic E-state index is 0.162. The second kappa shape index (κ2) is 10.4. The van der Waals surface area contributed by atoms with E-state index in [1.165, 1.54) is 36.5 Å². The first-order valence-corrected chi connectivity index (χ1v) is 9.49. The number of carbonyl (C=O) groups is 1. The summed E-state index contributed by atoms with van der Waals surface area (Å²) in [7, 11) is 0. The maximum absolute atomic E-state index is 12.0. The third kappa shape index (κ3) is 5.94. The van der Waals surface area contributed by atoms with Crippen LogP contribution in [0.1, 0.15) is 11.1 Å². The molecule has 0 radical (unpaired) electrons. The van der Waals surface area contributed by atoms with E-state index in [0.29, 0.717) is 5.56 Å². The van der Waals surface area contributed by atoms with Crippen LogP contribution in [0.25, 0.3) is 0 Å². The van der Waals surface area contributed by atoms with Gasteiger partial charge in [0.25, 0.3) is 11.4 Å². The largest absolute Gasteiger partial charge is 0.450 e. The van der Waals surface area contributed by atoms with Crippen molar-refractivity contribution in [2.75, 3.05) is 0 Å². The van der Waals surface area contributed by atoms with E-state index in [0.717, 1.165) is 18.2 Å². The van der Waals surface area contributed by atoms with Gasteiger partial charge in [-0.2, -0.15) is 5.10 Å². The molecule has 0 aromatic heterocycles. The molecule has 0 spiro atoms. The molecule has 0 unspecified atom stereocenters. The number of hydrazone groups is 1. The Morgan fingerprint density at radius 1 is 0.882 bits per heavy atom. The molecule has 172 valence electrons. The van der Waals surface area contributed by atoms with Crippen molar-refractivity contribution in [1.82, 2.24) is 5.43 Å². The second-order valence-electron chi connectivity index (χ2n) is 6.69. The highest BCUT2D eigenvalue weighted by molar-refractivity contribution is 5.83. The highest BCUT2D eigenvalue weighted by atomic mass is 16.6. The molecular weight excluding hydrogens is 450 g/mol. The third-order valence-corrected chi connectivity index (χ3v) is 4.40. The number of amides is 1. The first-order chi connectivity index (χ1) is 16.2. The van der Waals surface area contributed by atoms with E-state index in [1.807, 2.05) is 0 Å². The number of hydrogen-bond donors (Lipinski definition) is 1. The number of hydrogen-bond acceptors (Lipinski definition) is 9. The summed E-state index contributed by atoms with van der Waals surface area (Å²) in [5.41, 5.74) is 1.93. The van der Waals surface area contributed by atoms with Gasteiger partial charge in [-0.3, -0.25) is 35.1 Å². The zero-order valence-electron chi connectivity index (χ0n) is 17.2. The minimum atomic E-state index is -0.782. The molecule has 1 amide bonds. The predicted octanol–water partition coefficient (Wildman–Crippen LogP) is 3.90. The number of nitro groups is 3. The van der Waals surface area contributed by atoms with Crippen LogP contribution >= 0.6 is 0 Å². The Morgan fingerprint density at radius 3 is 2.21 bits per heavy atom. The number of nitro benzene ring substituents is 3. The number of carbonyl (C=O) groups excluding carboxylic acids is 1. The number of benzene rings is 3. The molecule has 34 heavy (non-hydrogen) atoms. The first kappa shape index (κ1) is 23.5. The Balaban J connectivity index is 1.62. The Bertz CT molecular complexity index is 1290. The van der Waals surface area contributed by atoms with E-state index in [9.17, 15) is 35.1 Å². The van der Waals surface area contributed by atoms with Gasteiger partial charge in [0, 0.05) is 17.7 Å². The molecule has 3 aromatic carbocycles. The van der Waals surface area contributed by atoms with Gasteiger partial charge in [0.2, 0.25) is 11.7 Å². The van der Waals surface area contributed by atoms with Crippen LogP contribution in [-0.4, -0.2) is 26.9 Å². The highest BCUT2D eigenvalue weighted by Gasteiger charge is 2.21. The maximum atomic E-state index is 12.0. The normalized spacial score (nSPS) is 10.6. The summed E-state index contributed by atoms with van der Waals surface area (Å²) in [4.78, 5) is 43.0. The Labute approximate surface area is 190 Å². The lowest BCUT2D eigenvalue weighted by Crippen LogP contribution is -2.20. The molecule has 0 atom stereocenters. The fraction of sp³-hybridized carbons (Fsp3) is 0.0476. The van der Waals surface area contributed by atoms with Crippen molar-refractivity contribution in [3.8, 4) is 11.5 Å². The van der Waals surface area contributed by atoms with Crippen molar-refractivity contribution in [3.63, 3.8) is 0 Å². The van der Waals surface area contributed by atoms with Gasteiger partial charge in [-0.15, -0.1) is 0 Å². The molecule has 0 saturated heterocycles. The van der Waals surface area contributed by atoms with Crippen LogP contribution in [0.3, 0.4) is 0 Å². The van der Waals surface area contributed by atoms with Gasteiger partial charge in [-0.05, 0) is 35.9 Å². The summed E-state index contributed by atoms with van der Waals surface area (Å²) < 4.78 is 5.47. The van der Waals surface area contributed by atoms with Crippen LogP contribution in [-0.2, 0) is 11.2 Å². The molecular formula is C21H15N5O8. The molecule has 3 aromatic rings. The summed E-state index contributed by atoms with van der Waals surface area (Å²) in [5.74, 6) is -0.482. The average Bonchev–Trinajstić information content (AvgIpc) is 2.80. The number of rotatable bonds is 9. The summed E-state index contributed by atoms with van der Waals surface area (Å²) in [6, 6.07) is 15.0. The molecule has 1 N–H and O–H groups in total. The van der Waals surface area contributed by atoms with Gasteiger partial charge in [0.1, 0.15) is 5.75 Å². The van der Waals surface area contributed by atoms with Gasteiger partial charge in [-0.1, -0.05) is 18.2 Å². The monoisotopic (exact) mass is 465 g/mol. The molecule has 0 saturated carbocycles. The van der Waals surface area contributed by atoms with E-state index >= 15 is 0 Å². The molecule has 0 aliphatic heterocycles. The zero-order chi connectivity index (χ0) is 24.7. The fourth-order valence-corrected chi connectivity index (χ4v) is 2.83. The lowest BCUT2D eigenvalue weighted by atomic mass is 10.1. The fourth-order valence-electron chi connectivity index (χ4n) is 2.83. The minimum Gasteiger partial charge on any atom is -0.450 e. The Morgan fingerprint density at radius 2 is 1.56 bits per heavy atom. The van der Waals surface area contributed by atoms with Crippen molar-refractivity contribution >= 4 is 29.2 Å². The number of non-ortho nitro benzene ring substituents is 1. The maximum Gasteiger partial charge on any atom is 0.318 e. The molecule has 0 aliphatic rings. The van der Waals surface area contributed by atoms with Crippen LogP contribution in [0.15, 0.2) is 71.8 Å². The van der Waals surface area contributed by atoms with Crippen LogP contribution in [0, 0.1) is 30.3 Å². The Hall–Kier alpha value is -5.20. The number of nitrogens with one attached hydrogen (secondary N) is 1. The van der Waals surface area contributed by atoms with Crippen LogP contribution in [0.5, 0.6) is 11.5 Å². The molecule has 0 bridgehead atoms. The Kier molecular flexibility index (Phi) is 7.18. The van der Waals surface area contributed by atoms with Crippen LogP contribution in [0.4, 0.5) is 17.1 Å². The van der Waals surface area contributed by atoms with Gasteiger partial charge in [-0.25, -0.2) is 5.43 Å². The topological polar surface area (TPSA) is 180 Å².